The second-order valence-corrected chi connectivity index (χ2v) is 7.53. The number of carbonyl (C=O) groups is 1. The van der Waals surface area contributed by atoms with Crippen LogP contribution in [-0.4, -0.2) is 33.5 Å². The van der Waals surface area contributed by atoms with E-state index in [0.717, 1.165) is 21.3 Å². The van der Waals surface area contributed by atoms with Crippen LogP contribution in [-0.2, 0) is 11.3 Å². The zero-order valence-corrected chi connectivity index (χ0v) is 17.7. The summed E-state index contributed by atoms with van der Waals surface area (Å²) < 4.78 is 6.35. The first-order chi connectivity index (χ1) is 13.5. The van der Waals surface area contributed by atoms with E-state index in [2.05, 4.69) is 31.4 Å². The highest BCUT2D eigenvalue weighted by molar-refractivity contribution is 9.10. The number of nitrogens with zero attached hydrogens (tertiary/aromatic N) is 3. The lowest BCUT2D eigenvalue weighted by molar-refractivity contribution is -0.121. The number of rotatable bonds is 7. The fourth-order valence-electron chi connectivity index (χ4n) is 2.81. The Kier molecular flexibility index (Phi) is 6.59. The van der Waals surface area contributed by atoms with E-state index in [0.29, 0.717) is 24.8 Å². The molecule has 146 valence electrons. The van der Waals surface area contributed by atoms with Crippen molar-refractivity contribution in [3.05, 3.63) is 64.5 Å². The summed E-state index contributed by atoms with van der Waals surface area (Å²) in [6.07, 6.45) is 0. The molecule has 1 N–H and O–H groups in total. The maximum absolute atomic E-state index is 12.6. The van der Waals surface area contributed by atoms with Gasteiger partial charge in [0.05, 0.1) is 12.6 Å². The van der Waals surface area contributed by atoms with E-state index in [-0.39, 0.29) is 11.9 Å². The smallest absolute Gasteiger partial charge is 0.241 e. The third-order valence-electron chi connectivity index (χ3n) is 4.54. The predicted octanol–water partition coefficient (Wildman–Crippen LogP) is 4.66. The van der Waals surface area contributed by atoms with Gasteiger partial charge in [-0.25, -0.2) is 0 Å². The number of aryl methyl sites for hydroxylation is 1. The first kappa shape index (κ1) is 20.2. The topological polar surface area (TPSA) is 71.3 Å². The van der Waals surface area contributed by atoms with Crippen LogP contribution in [0.3, 0.4) is 0 Å². The van der Waals surface area contributed by atoms with Crippen LogP contribution in [0.15, 0.2) is 57.5 Å². The molecule has 1 atom stereocenters. The molecule has 2 aromatic carbocycles. The van der Waals surface area contributed by atoms with Gasteiger partial charge in [0.25, 0.3) is 0 Å². The van der Waals surface area contributed by atoms with Gasteiger partial charge in [-0.3, -0.25) is 9.69 Å². The first-order valence-electron chi connectivity index (χ1n) is 9.16. The Morgan fingerprint density at radius 3 is 2.68 bits per heavy atom. The van der Waals surface area contributed by atoms with Crippen molar-refractivity contribution < 1.29 is 9.32 Å². The number of amides is 1. The highest BCUT2D eigenvalue weighted by Crippen LogP contribution is 2.21. The van der Waals surface area contributed by atoms with E-state index in [9.17, 15) is 4.79 Å². The molecule has 6 nitrogen and oxygen atoms in total. The number of benzene rings is 2. The largest absolute Gasteiger partial charge is 0.338 e. The third kappa shape index (κ3) is 5.05. The van der Waals surface area contributed by atoms with Crippen LogP contribution in [0, 0.1) is 6.92 Å². The summed E-state index contributed by atoms with van der Waals surface area (Å²) in [5.41, 5.74) is 2.81. The van der Waals surface area contributed by atoms with Crippen molar-refractivity contribution in [2.24, 2.45) is 0 Å². The lowest BCUT2D eigenvalue weighted by Crippen LogP contribution is -2.41. The highest BCUT2D eigenvalue weighted by atomic mass is 79.9. The van der Waals surface area contributed by atoms with Gasteiger partial charge in [-0.1, -0.05) is 57.8 Å². The van der Waals surface area contributed by atoms with Crippen molar-refractivity contribution in [1.82, 2.24) is 15.0 Å². The van der Waals surface area contributed by atoms with Gasteiger partial charge < -0.3 is 9.84 Å². The van der Waals surface area contributed by atoms with Crippen LogP contribution >= 0.6 is 15.9 Å². The van der Waals surface area contributed by atoms with Gasteiger partial charge in [0.2, 0.25) is 17.6 Å². The van der Waals surface area contributed by atoms with Crippen LogP contribution in [0.2, 0.25) is 0 Å². The van der Waals surface area contributed by atoms with Crippen molar-refractivity contribution in [3.8, 4) is 11.4 Å². The molecule has 0 radical (unpaired) electrons. The van der Waals surface area contributed by atoms with Gasteiger partial charge in [-0.2, -0.15) is 4.98 Å². The Labute approximate surface area is 173 Å². The van der Waals surface area contributed by atoms with Crippen LogP contribution < -0.4 is 5.32 Å². The number of hydrogen-bond acceptors (Lipinski definition) is 5. The second-order valence-electron chi connectivity index (χ2n) is 6.62. The van der Waals surface area contributed by atoms with E-state index in [1.165, 1.54) is 0 Å². The first-order valence-corrected chi connectivity index (χ1v) is 9.95. The SMILES string of the molecule is CCN(Cc1nc(-c2cccc(Br)c2)no1)[C@H](C)C(=O)Nc1ccc(C)cc1. The number of hydrogen-bond donors (Lipinski definition) is 1. The molecule has 3 rings (SSSR count). The van der Waals surface area contributed by atoms with Gasteiger partial charge in [0.15, 0.2) is 0 Å². The van der Waals surface area contributed by atoms with Gasteiger partial charge in [-0.15, -0.1) is 0 Å². The van der Waals surface area contributed by atoms with Crippen LogP contribution in [0.25, 0.3) is 11.4 Å². The predicted molar refractivity (Wildman–Crippen MR) is 113 cm³/mol. The molecule has 1 heterocycles. The summed E-state index contributed by atoms with van der Waals surface area (Å²) in [5.74, 6) is 0.938. The molecule has 0 bridgehead atoms. The molecule has 28 heavy (non-hydrogen) atoms. The lowest BCUT2D eigenvalue weighted by Gasteiger charge is -2.25. The summed E-state index contributed by atoms with van der Waals surface area (Å²) in [6.45, 7) is 6.97. The van der Waals surface area contributed by atoms with E-state index < -0.39 is 0 Å². The number of halogens is 1. The molecule has 1 amide bonds. The Morgan fingerprint density at radius 1 is 1.25 bits per heavy atom. The molecular formula is C21H23BrN4O2. The van der Waals surface area contributed by atoms with Crippen molar-refractivity contribution in [2.45, 2.75) is 33.4 Å². The van der Waals surface area contributed by atoms with Crippen molar-refractivity contribution in [1.29, 1.82) is 0 Å². The minimum Gasteiger partial charge on any atom is -0.338 e. The van der Waals surface area contributed by atoms with Gasteiger partial charge in [0.1, 0.15) is 0 Å². The maximum Gasteiger partial charge on any atom is 0.241 e. The quantitative estimate of drug-likeness (QED) is 0.575. The summed E-state index contributed by atoms with van der Waals surface area (Å²) in [7, 11) is 0. The minimum absolute atomic E-state index is 0.0718. The number of likely N-dealkylation sites (N-methyl/N-ethyl adjacent to an activating group) is 1. The van der Waals surface area contributed by atoms with Crippen molar-refractivity contribution in [2.75, 3.05) is 11.9 Å². The van der Waals surface area contributed by atoms with Gasteiger partial charge in [-0.05, 0) is 44.7 Å². The average molecular weight is 443 g/mol. The molecule has 0 saturated carbocycles. The minimum atomic E-state index is -0.340. The van der Waals surface area contributed by atoms with Crippen molar-refractivity contribution in [3.63, 3.8) is 0 Å². The van der Waals surface area contributed by atoms with Crippen LogP contribution in [0.5, 0.6) is 0 Å². The number of nitrogens with one attached hydrogen (secondary N) is 1. The summed E-state index contributed by atoms with van der Waals surface area (Å²) in [5, 5.41) is 7.02. The highest BCUT2D eigenvalue weighted by Gasteiger charge is 2.22. The van der Waals surface area contributed by atoms with E-state index >= 15 is 0 Å². The molecule has 0 saturated heterocycles. The molecule has 0 fully saturated rings. The monoisotopic (exact) mass is 442 g/mol. The summed E-state index contributed by atoms with van der Waals surface area (Å²) in [6, 6.07) is 15.1. The average Bonchev–Trinajstić information content (AvgIpc) is 3.16. The molecule has 0 aliphatic rings. The zero-order valence-electron chi connectivity index (χ0n) is 16.1. The summed E-state index contributed by atoms with van der Waals surface area (Å²) >= 11 is 3.44. The third-order valence-corrected chi connectivity index (χ3v) is 5.03. The van der Waals surface area contributed by atoms with Crippen LogP contribution in [0.4, 0.5) is 5.69 Å². The molecule has 0 aliphatic carbocycles. The normalized spacial score (nSPS) is 12.2. The molecule has 7 heteroatoms. The molecule has 0 aliphatic heterocycles. The van der Waals surface area contributed by atoms with Crippen LogP contribution in [0.1, 0.15) is 25.3 Å². The number of aromatic nitrogens is 2. The fraction of sp³-hybridized carbons (Fsp3) is 0.286. The Hall–Kier alpha value is -2.51. The fourth-order valence-corrected chi connectivity index (χ4v) is 3.21. The zero-order chi connectivity index (χ0) is 20.1. The molecule has 0 spiro atoms. The molecular weight excluding hydrogens is 420 g/mol. The van der Waals surface area contributed by atoms with E-state index in [1.54, 1.807) is 0 Å². The Bertz CT molecular complexity index is 940. The van der Waals surface area contributed by atoms with E-state index in [1.807, 2.05) is 74.2 Å². The Morgan fingerprint density at radius 2 is 2.00 bits per heavy atom. The van der Waals surface area contributed by atoms with E-state index in [4.69, 9.17) is 4.52 Å². The van der Waals surface area contributed by atoms with Crippen molar-refractivity contribution >= 4 is 27.5 Å². The maximum atomic E-state index is 12.6. The molecule has 3 aromatic rings. The van der Waals surface area contributed by atoms with Gasteiger partial charge >= 0.3 is 0 Å². The molecule has 0 unspecified atom stereocenters. The standard InChI is InChI=1S/C21H23BrN4O2/c1-4-26(15(3)21(27)23-18-10-8-14(2)9-11-18)13-19-24-20(25-28-19)16-6-5-7-17(22)12-16/h5-12,15H,4,13H2,1-3H3,(H,23,27)/t15-/m1/s1. The molecule has 1 aromatic heterocycles. The second kappa shape index (κ2) is 9.12. The summed E-state index contributed by atoms with van der Waals surface area (Å²) in [4.78, 5) is 19.1. The number of anilines is 1. The number of carbonyl (C=O) groups excluding carboxylic acids is 1. The lowest BCUT2D eigenvalue weighted by atomic mass is 10.2. The Balaban J connectivity index is 1.66. The van der Waals surface area contributed by atoms with Gasteiger partial charge in [0, 0.05) is 15.7 Å².